The predicted molar refractivity (Wildman–Crippen MR) is 51.5 cm³/mol. The van der Waals surface area contributed by atoms with Gasteiger partial charge in [-0.1, -0.05) is 6.07 Å². The summed E-state index contributed by atoms with van der Waals surface area (Å²) in [6.07, 6.45) is -0.938. The maximum atomic E-state index is 13.1. The van der Waals surface area contributed by atoms with Gasteiger partial charge in [-0.2, -0.15) is 8.78 Å². The Bertz CT molecular complexity index is 357. The molecule has 0 fully saturated rings. The first-order valence-corrected chi connectivity index (χ1v) is 4.49. The van der Waals surface area contributed by atoms with Gasteiger partial charge in [0, 0.05) is 6.42 Å². The molecule has 0 aromatic heterocycles. The quantitative estimate of drug-likeness (QED) is 0.697. The lowest BCUT2D eigenvalue weighted by atomic mass is 10.2. The topological polar surface area (TPSA) is 9.23 Å². The highest BCUT2D eigenvalue weighted by molar-refractivity contribution is 5.29. The lowest BCUT2D eigenvalue weighted by Gasteiger charge is -2.06. The largest absolute Gasteiger partial charge is 0.490 e. The van der Waals surface area contributed by atoms with Crippen molar-refractivity contribution in [3.8, 4) is 5.75 Å². The van der Waals surface area contributed by atoms with Crippen LogP contribution >= 0.6 is 0 Å². The summed E-state index contributed by atoms with van der Waals surface area (Å²) in [6, 6.07) is 4.43. The maximum absolute atomic E-state index is 13.1. The Balaban J connectivity index is 2.50. The molecule has 0 saturated heterocycles. The minimum absolute atomic E-state index is 0.0394. The Labute approximate surface area is 86.2 Å². The summed E-state index contributed by atoms with van der Waals surface area (Å²) < 4.78 is 41.4. The molecule has 0 unspecified atom stereocenters. The van der Waals surface area contributed by atoms with Crippen LogP contribution in [0, 0.1) is 12.7 Å². The number of aryl methyl sites for hydroxylation is 1. The normalized spacial score (nSPS) is 9.87. The van der Waals surface area contributed by atoms with Gasteiger partial charge in [0.25, 0.3) is 6.08 Å². The molecule has 15 heavy (non-hydrogen) atoms. The van der Waals surface area contributed by atoms with Gasteiger partial charge >= 0.3 is 0 Å². The van der Waals surface area contributed by atoms with Gasteiger partial charge in [0.2, 0.25) is 0 Å². The van der Waals surface area contributed by atoms with Crippen LogP contribution in [0.1, 0.15) is 12.0 Å². The molecule has 0 aliphatic heterocycles. The number of rotatable bonds is 4. The molecule has 0 N–H and O–H groups in total. The van der Waals surface area contributed by atoms with Crippen molar-refractivity contribution in [2.24, 2.45) is 0 Å². The molecule has 1 aromatic carbocycles. The van der Waals surface area contributed by atoms with E-state index < -0.39 is 11.9 Å². The Morgan fingerprint density at radius 3 is 2.80 bits per heavy atom. The van der Waals surface area contributed by atoms with Gasteiger partial charge in [-0.15, -0.1) is 0 Å². The highest BCUT2D eigenvalue weighted by atomic mass is 19.3. The SMILES string of the molecule is Cc1ccc(F)c(OCCC=C(F)F)c1. The zero-order valence-corrected chi connectivity index (χ0v) is 8.27. The average Bonchev–Trinajstić information content (AvgIpc) is 2.17. The molecule has 4 heteroatoms. The second-order valence-corrected chi connectivity index (χ2v) is 3.06. The fourth-order valence-electron chi connectivity index (χ4n) is 1.06. The van der Waals surface area contributed by atoms with Crippen LogP contribution in [0.2, 0.25) is 0 Å². The minimum Gasteiger partial charge on any atom is -0.490 e. The Morgan fingerprint density at radius 1 is 1.40 bits per heavy atom. The molecule has 0 aliphatic carbocycles. The van der Waals surface area contributed by atoms with Gasteiger partial charge in [-0.3, -0.25) is 0 Å². The first-order chi connectivity index (χ1) is 7.09. The van der Waals surface area contributed by atoms with Crippen LogP contribution in [-0.2, 0) is 0 Å². The summed E-state index contributed by atoms with van der Waals surface area (Å²) in [4.78, 5) is 0. The molecule has 82 valence electrons. The number of ether oxygens (including phenoxy) is 1. The van der Waals surface area contributed by atoms with Gasteiger partial charge in [0.05, 0.1) is 6.61 Å². The molecule has 0 aliphatic rings. The third-order valence-corrected chi connectivity index (χ3v) is 1.76. The van der Waals surface area contributed by atoms with Crippen LogP contribution < -0.4 is 4.74 Å². The molecular formula is C11H11F3O. The lowest BCUT2D eigenvalue weighted by molar-refractivity contribution is 0.304. The van der Waals surface area contributed by atoms with Crippen molar-refractivity contribution < 1.29 is 17.9 Å². The van der Waals surface area contributed by atoms with E-state index >= 15 is 0 Å². The van der Waals surface area contributed by atoms with Crippen molar-refractivity contribution >= 4 is 0 Å². The molecule has 0 bridgehead atoms. The Kier molecular flexibility index (Phi) is 4.21. The molecule has 1 rings (SSSR count). The molecule has 0 amide bonds. The molecule has 1 nitrogen and oxygen atoms in total. The third kappa shape index (κ3) is 4.06. The Hall–Kier alpha value is -1.45. The van der Waals surface area contributed by atoms with E-state index in [-0.39, 0.29) is 18.8 Å². The van der Waals surface area contributed by atoms with E-state index in [0.29, 0.717) is 0 Å². The second kappa shape index (κ2) is 5.44. The molecular weight excluding hydrogens is 205 g/mol. The highest BCUT2D eigenvalue weighted by Gasteiger charge is 2.02. The van der Waals surface area contributed by atoms with E-state index in [9.17, 15) is 13.2 Å². The van der Waals surface area contributed by atoms with Crippen LogP contribution in [-0.4, -0.2) is 6.61 Å². The Morgan fingerprint density at radius 2 is 2.13 bits per heavy atom. The van der Waals surface area contributed by atoms with E-state index in [1.807, 2.05) is 0 Å². The fourth-order valence-corrected chi connectivity index (χ4v) is 1.06. The zero-order valence-electron chi connectivity index (χ0n) is 8.27. The van der Waals surface area contributed by atoms with Crippen LogP contribution in [0.5, 0.6) is 5.75 Å². The van der Waals surface area contributed by atoms with Crippen molar-refractivity contribution in [2.75, 3.05) is 6.61 Å². The number of halogens is 3. The zero-order chi connectivity index (χ0) is 11.3. The monoisotopic (exact) mass is 216 g/mol. The highest BCUT2D eigenvalue weighted by Crippen LogP contribution is 2.18. The molecule has 0 spiro atoms. The van der Waals surface area contributed by atoms with Gasteiger partial charge in [0.1, 0.15) is 0 Å². The summed E-state index contributed by atoms with van der Waals surface area (Å²) in [6.45, 7) is 1.84. The van der Waals surface area contributed by atoms with Crippen molar-refractivity contribution in [1.82, 2.24) is 0 Å². The van der Waals surface area contributed by atoms with Crippen molar-refractivity contribution in [3.05, 3.63) is 41.7 Å². The van der Waals surface area contributed by atoms with Gasteiger partial charge in [0.15, 0.2) is 11.6 Å². The van der Waals surface area contributed by atoms with Crippen LogP contribution in [0.4, 0.5) is 13.2 Å². The lowest BCUT2D eigenvalue weighted by Crippen LogP contribution is -1.98. The van der Waals surface area contributed by atoms with Crippen LogP contribution in [0.25, 0.3) is 0 Å². The summed E-state index contributed by atoms with van der Waals surface area (Å²) >= 11 is 0. The number of benzene rings is 1. The first-order valence-electron chi connectivity index (χ1n) is 4.49. The molecule has 0 heterocycles. The van der Waals surface area contributed by atoms with Crippen molar-refractivity contribution in [3.63, 3.8) is 0 Å². The number of hydrogen-bond donors (Lipinski definition) is 0. The third-order valence-electron chi connectivity index (χ3n) is 1.76. The first kappa shape index (κ1) is 11.6. The number of hydrogen-bond acceptors (Lipinski definition) is 1. The minimum atomic E-state index is -1.75. The fraction of sp³-hybridized carbons (Fsp3) is 0.273. The van der Waals surface area contributed by atoms with Gasteiger partial charge in [-0.25, -0.2) is 4.39 Å². The molecule has 0 atom stereocenters. The summed E-state index contributed by atoms with van der Waals surface area (Å²) in [5.74, 6) is -0.382. The van der Waals surface area contributed by atoms with E-state index in [1.54, 1.807) is 13.0 Å². The maximum Gasteiger partial charge on any atom is 0.266 e. The van der Waals surface area contributed by atoms with Gasteiger partial charge in [-0.05, 0) is 30.7 Å². The van der Waals surface area contributed by atoms with Crippen molar-refractivity contribution in [2.45, 2.75) is 13.3 Å². The standard InChI is InChI=1S/C11H11F3O/c1-8-4-5-9(12)10(7-8)15-6-2-3-11(13)14/h3-5,7H,2,6H2,1H3. The molecule has 0 saturated carbocycles. The molecule has 0 radical (unpaired) electrons. The summed E-state index contributed by atoms with van der Waals surface area (Å²) in [7, 11) is 0. The van der Waals surface area contributed by atoms with E-state index in [1.165, 1.54) is 12.1 Å². The van der Waals surface area contributed by atoms with E-state index in [4.69, 9.17) is 4.74 Å². The van der Waals surface area contributed by atoms with E-state index in [2.05, 4.69) is 0 Å². The van der Waals surface area contributed by atoms with Crippen molar-refractivity contribution in [1.29, 1.82) is 0 Å². The van der Waals surface area contributed by atoms with Crippen LogP contribution in [0.3, 0.4) is 0 Å². The van der Waals surface area contributed by atoms with E-state index in [0.717, 1.165) is 11.6 Å². The summed E-state index contributed by atoms with van der Waals surface area (Å²) in [5, 5.41) is 0. The molecule has 1 aromatic rings. The smallest absolute Gasteiger partial charge is 0.266 e. The van der Waals surface area contributed by atoms with Crippen LogP contribution in [0.15, 0.2) is 30.4 Å². The second-order valence-electron chi connectivity index (χ2n) is 3.06. The van der Waals surface area contributed by atoms with Gasteiger partial charge < -0.3 is 4.74 Å². The summed E-state index contributed by atoms with van der Waals surface area (Å²) in [5.41, 5.74) is 0.860. The average molecular weight is 216 g/mol. The predicted octanol–water partition coefficient (Wildman–Crippen LogP) is 3.68.